The molecule has 2 aromatic carbocycles. The number of benzene rings is 2. The van der Waals surface area contributed by atoms with Gasteiger partial charge in [0.05, 0.1) is 25.5 Å². The molecule has 9 nitrogen and oxygen atoms in total. The number of carbonyl (C=O) groups is 3. The number of ether oxygens (including phenoxy) is 2. The summed E-state index contributed by atoms with van der Waals surface area (Å²) in [6.45, 7) is 1.39. The third-order valence-corrected chi connectivity index (χ3v) is 5.54. The van der Waals surface area contributed by atoms with E-state index in [4.69, 9.17) is 9.47 Å². The number of nitrogens with zero attached hydrogens (tertiary/aromatic N) is 2. The van der Waals surface area contributed by atoms with E-state index in [1.54, 1.807) is 60.8 Å². The molecular weight excluding hydrogens is 450 g/mol. The third kappa shape index (κ3) is 4.43. The minimum atomic E-state index is -0.976. The number of carbonyl (C=O) groups excluding carboxylic acids is 3. The van der Waals surface area contributed by atoms with Gasteiger partial charge >= 0.3 is 0 Å². The fourth-order valence-electron chi connectivity index (χ4n) is 3.96. The standard InChI is InChI=1S/C26H23N3O6/c1-15(30)28-17-8-10-18(11-9-17)29-23(19-6-4-5-13-27-19)22(25(32)26(29)33)24(31)16-7-12-20(34-2)21(14-16)35-3/h4-14,23,31H,1-3H3,(H,28,30)/b24-22-. The second-order valence-corrected chi connectivity index (χ2v) is 7.72. The van der Waals surface area contributed by atoms with Crippen LogP contribution in [0, 0.1) is 0 Å². The van der Waals surface area contributed by atoms with Crippen LogP contribution in [0.1, 0.15) is 24.2 Å². The minimum absolute atomic E-state index is 0.105. The van der Waals surface area contributed by atoms with Crippen molar-refractivity contribution in [1.82, 2.24) is 4.98 Å². The molecule has 0 saturated carbocycles. The maximum absolute atomic E-state index is 13.2. The Hall–Kier alpha value is -4.66. The predicted octanol–water partition coefficient (Wildman–Crippen LogP) is 3.68. The highest BCUT2D eigenvalue weighted by Crippen LogP contribution is 2.42. The molecule has 1 saturated heterocycles. The highest BCUT2D eigenvalue weighted by Gasteiger charge is 2.47. The highest BCUT2D eigenvalue weighted by molar-refractivity contribution is 6.51. The van der Waals surface area contributed by atoms with Crippen LogP contribution < -0.4 is 19.7 Å². The van der Waals surface area contributed by atoms with Crippen LogP contribution in [-0.2, 0) is 14.4 Å². The molecule has 3 aromatic rings. The van der Waals surface area contributed by atoms with Gasteiger partial charge in [-0.3, -0.25) is 24.3 Å². The van der Waals surface area contributed by atoms with Gasteiger partial charge in [0.25, 0.3) is 11.7 Å². The van der Waals surface area contributed by atoms with Gasteiger partial charge in [0.2, 0.25) is 5.91 Å². The lowest BCUT2D eigenvalue weighted by molar-refractivity contribution is -0.132. The maximum atomic E-state index is 13.2. The Labute approximate surface area is 201 Å². The molecule has 1 atom stereocenters. The van der Waals surface area contributed by atoms with E-state index in [-0.39, 0.29) is 22.8 Å². The molecular formula is C26H23N3O6. The van der Waals surface area contributed by atoms with Crippen molar-refractivity contribution in [2.75, 3.05) is 24.4 Å². The Balaban J connectivity index is 1.87. The fourth-order valence-corrected chi connectivity index (χ4v) is 3.96. The van der Waals surface area contributed by atoms with Crippen molar-refractivity contribution < 1.29 is 29.0 Å². The summed E-state index contributed by atoms with van der Waals surface area (Å²) < 4.78 is 10.6. The summed E-state index contributed by atoms with van der Waals surface area (Å²) >= 11 is 0. The SMILES string of the molecule is COc1ccc(/C(O)=C2/C(=O)C(=O)N(c3ccc(NC(C)=O)cc3)C2c2ccccn2)cc1OC. The van der Waals surface area contributed by atoms with Crippen LogP contribution in [0.5, 0.6) is 11.5 Å². The molecule has 1 unspecified atom stereocenters. The van der Waals surface area contributed by atoms with Crippen LogP contribution in [0.15, 0.2) is 72.4 Å². The second kappa shape index (κ2) is 9.68. The van der Waals surface area contributed by atoms with Gasteiger partial charge in [-0.05, 0) is 54.6 Å². The number of Topliss-reactive ketones (excluding diaryl/α,β-unsaturated/α-hetero) is 1. The van der Waals surface area contributed by atoms with Crippen molar-refractivity contribution in [2.24, 2.45) is 0 Å². The first kappa shape index (κ1) is 23.5. The number of anilines is 2. The van der Waals surface area contributed by atoms with Gasteiger partial charge in [0.1, 0.15) is 11.8 Å². The first-order valence-electron chi connectivity index (χ1n) is 10.7. The smallest absolute Gasteiger partial charge is 0.300 e. The average Bonchev–Trinajstić information content (AvgIpc) is 3.14. The molecule has 0 radical (unpaired) electrons. The van der Waals surface area contributed by atoms with Gasteiger partial charge in [-0.15, -0.1) is 0 Å². The number of aliphatic hydroxyl groups is 1. The molecule has 0 aliphatic carbocycles. The molecule has 4 rings (SSSR count). The fraction of sp³-hybridized carbons (Fsp3) is 0.154. The lowest BCUT2D eigenvalue weighted by Crippen LogP contribution is -2.29. The van der Waals surface area contributed by atoms with Crippen LogP contribution in [-0.4, -0.2) is 41.9 Å². The summed E-state index contributed by atoms with van der Waals surface area (Å²) in [5.74, 6) is -1.45. The monoisotopic (exact) mass is 473 g/mol. The molecule has 0 bridgehead atoms. The van der Waals surface area contributed by atoms with Gasteiger partial charge < -0.3 is 19.9 Å². The number of rotatable bonds is 6. The van der Waals surface area contributed by atoms with Crippen LogP contribution in [0.4, 0.5) is 11.4 Å². The molecule has 0 spiro atoms. The summed E-state index contributed by atoms with van der Waals surface area (Å²) in [6.07, 6.45) is 1.55. The molecule has 35 heavy (non-hydrogen) atoms. The van der Waals surface area contributed by atoms with E-state index in [9.17, 15) is 19.5 Å². The van der Waals surface area contributed by atoms with E-state index >= 15 is 0 Å². The Bertz CT molecular complexity index is 1320. The Kier molecular flexibility index (Phi) is 6.50. The summed E-state index contributed by atoms with van der Waals surface area (Å²) in [6, 6.07) is 15.3. The van der Waals surface area contributed by atoms with Crippen molar-refractivity contribution in [1.29, 1.82) is 0 Å². The number of ketones is 1. The third-order valence-electron chi connectivity index (χ3n) is 5.54. The normalized spacial score (nSPS) is 16.8. The van der Waals surface area contributed by atoms with E-state index in [2.05, 4.69) is 10.3 Å². The zero-order valence-electron chi connectivity index (χ0n) is 19.3. The number of nitrogens with one attached hydrogen (secondary N) is 1. The van der Waals surface area contributed by atoms with Crippen LogP contribution in [0.2, 0.25) is 0 Å². The van der Waals surface area contributed by atoms with E-state index in [1.165, 1.54) is 32.1 Å². The topological polar surface area (TPSA) is 118 Å². The first-order valence-corrected chi connectivity index (χ1v) is 10.7. The quantitative estimate of drug-likeness (QED) is 0.318. The van der Waals surface area contributed by atoms with Gasteiger partial charge in [-0.25, -0.2) is 0 Å². The van der Waals surface area contributed by atoms with Crippen molar-refractivity contribution in [3.05, 3.63) is 83.7 Å². The van der Waals surface area contributed by atoms with E-state index < -0.39 is 17.7 Å². The number of pyridine rings is 1. The molecule has 9 heteroatoms. The molecule has 1 aromatic heterocycles. The van der Waals surface area contributed by atoms with Crippen molar-refractivity contribution in [3.63, 3.8) is 0 Å². The number of amides is 2. The van der Waals surface area contributed by atoms with E-state index in [0.29, 0.717) is 28.6 Å². The molecule has 1 aliphatic rings. The minimum Gasteiger partial charge on any atom is -0.507 e. The number of hydrogen-bond acceptors (Lipinski definition) is 7. The summed E-state index contributed by atoms with van der Waals surface area (Å²) in [4.78, 5) is 43.4. The first-order chi connectivity index (χ1) is 16.8. The lowest BCUT2D eigenvalue weighted by Gasteiger charge is -2.24. The number of aromatic nitrogens is 1. The zero-order valence-corrected chi connectivity index (χ0v) is 19.3. The average molecular weight is 473 g/mol. The zero-order chi connectivity index (χ0) is 25.1. The Morgan fingerprint density at radius 1 is 1.00 bits per heavy atom. The van der Waals surface area contributed by atoms with Gasteiger partial charge in [-0.2, -0.15) is 0 Å². The predicted molar refractivity (Wildman–Crippen MR) is 129 cm³/mol. The number of methoxy groups -OCH3 is 2. The number of aliphatic hydroxyl groups excluding tert-OH is 1. The van der Waals surface area contributed by atoms with E-state index in [0.717, 1.165) is 0 Å². The van der Waals surface area contributed by atoms with Crippen LogP contribution in [0.3, 0.4) is 0 Å². The van der Waals surface area contributed by atoms with Crippen molar-refractivity contribution in [2.45, 2.75) is 13.0 Å². The molecule has 2 amide bonds. The highest BCUT2D eigenvalue weighted by atomic mass is 16.5. The van der Waals surface area contributed by atoms with Gasteiger partial charge in [0.15, 0.2) is 11.5 Å². The maximum Gasteiger partial charge on any atom is 0.300 e. The molecule has 1 fully saturated rings. The number of hydrogen-bond donors (Lipinski definition) is 2. The van der Waals surface area contributed by atoms with Crippen LogP contribution in [0.25, 0.3) is 5.76 Å². The molecule has 1 aliphatic heterocycles. The van der Waals surface area contributed by atoms with Gasteiger partial charge in [0, 0.05) is 30.1 Å². The summed E-state index contributed by atoms with van der Waals surface area (Å²) in [5, 5.41) is 13.9. The van der Waals surface area contributed by atoms with Crippen molar-refractivity contribution in [3.8, 4) is 11.5 Å². The molecule has 2 heterocycles. The van der Waals surface area contributed by atoms with Crippen LogP contribution >= 0.6 is 0 Å². The van der Waals surface area contributed by atoms with Crippen molar-refractivity contribution >= 4 is 34.7 Å². The molecule has 178 valence electrons. The Morgan fingerprint density at radius 3 is 2.31 bits per heavy atom. The second-order valence-electron chi connectivity index (χ2n) is 7.72. The Morgan fingerprint density at radius 2 is 1.71 bits per heavy atom. The lowest BCUT2D eigenvalue weighted by atomic mass is 9.98. The summed E-state index contributed by atoms with van der Waals surface area (Å²) in [5.41, 5.74) is 1.52. The largest absolute Gasteiger partial charge is 0.507 e. The van der Waals surface area contributed by atoms with Gasteiger partial charge in [-0.1, -0.05) is 6.07 Å². The summed E-state index contributed by atoms with van der Waals surface area (Å²) in [7, 11) is 2.94. The molecule has 2 N–H and O–H groups in total. The van der Waals surface area contributed by atoms with E-state index in [1.807, 2.05) is 0 Å².